The van der Waals surface area contributed by atoms with Gasteiger partial charge in [0.05, 0.1) is 19.3 Å². The minimum atomic E-state index is 0.0853. The molecule has 0 bridgehead atoms. The lowest BCUT2D eigenvalue weighted by Gasteiger charge is -2.21. The molecule has 21 heavy (non-hydrogen) atoms. The van der Waals surface area contributed by atoms with E-state index >= 15 is 0 Å². The molecule has 0 amide bonds. The average Bonchev–Trinajstić information content (AvgIpc) is 2.89. The topological polar surface area (TPSA) is 43.4 Å². The largest absolute Gasteiger partial charge is 0.490 e. The summed E-state index contributed by atoms with van der Waals surface area (Å²) in [5.41, 5.74) is 1.16. The number of hydrogen-bond acceptors (Lipinski definition) is 5. The smallest absolute Gasteiger partial charge is 0.161 e. The number of rotatable bonds is 4. The van der Waals surface area contributed by atoms with Crippen LogP contribution < -0.4 is 14.8 Å². The van der Waals surface area contributed by atoms with E-state index in [0.717, 1.165) is 28.5 Å². The van der Waals surface area contributed by atoms with Gasteiger partial charge in [-0.25, -0.2) is 4.98 Å². The van der Waals surface area contributed by atoms with Gasteiger partial charge in [0.25, 0.3) is 0 Å². The van der Waals surface area contributed by atoms with Crippen molar-refractivity contribution < 1.29 is 9.47 Å². The SMILES string of the molecule is CC(C)NC(c1ccc2c(c1)OCCCO2)c1nccs1. The van der Waals surface area contributed by atoms with Crippen LogP contribution in [0.2, 0.25) is 0 Å². The molecule has 1 N–H and O–H groups in total. The molecule has 2 aromatic rings. The monoisotopic (exact) mass is 304 g/mol. The van der Waals surface area contributed by atoms with Crippen LogP contribution in [0.4, 0.5) is 0 Å². The van der Waals surface area contributed by atoms with Crippen molar-refractivity contribution in [3.63, 3.8) is 0 Å². The Morgan fingerprint density at radius 3 is 2.71 bits per heavy atom. The third kappa shape index (κ3) is 3.36. The standard InChI is InChI=1S/C16H20N2O2S/c1-11(2)18-15(16-17-6-9-21-16)12-4-5-13-14(10-12)20-8-3-7-19-13/h4-6,9-11,15,18H,3,7-8H2,1-2H3. The van der Waals surface area contributed by atoms with Crippen molar-refractivity contribution in [1.29, 1.82) is 0 Å². The molecule has 1 atom stereocenters. The zero-order valence-electron chi connectivity index (χ0n) is 12.3. The number of nitrogens with one attached hydrogen (secondary N) is 1. The number of nitrogens with zero attached hydrogens (tertiary/aromatic N) is 1. The second-order valence-corrected chi connectivity index (χ2v) is 6.31. The molecule has 1 aromatic carbocycles. The maximum absolute atomic E-state index is 5.79. The first-order chi connectivity index (χ1) is 10.2. The molecule has 1 aromatic heterocycles. The van der Waals surface area contributed by atoms with Crippen LogP contribution >= 0.6 is 11.3 Å². The second kappa shape index (κ2) is 6.45. The molecule has 112 valence electrons. The normalized spacial score (nSPS) is 15.8. The highest BCUT2D eigenvalue weighted by atomic mass is 32.1. The first-order valence-corrected chi connectivity index (χ1v) is 8.17. The van der Waals surface area contributed by atoms with Crippen LogP contribution in [0, 0.1) is 0 Å². The van der Waals surface area contributed by atoms with Gasteiger partial charge in [0.15, 0.2) is 11.5 Å². The third-order valence-corrected chi connectivity index (χ3v) is 4.14. The molecule has 0 fully saturated rings. The van der Waals surface area contributed by atoms with Crippen molar-refractivity contribution in [3.8, 4) is 11.5 Å². The van der Waals surface area contributed by atoms with Gasteiger partial charge in [-0.3, -0.25) is 0 Å². The summed E-state index contributed by atoms with van der Waals surface area (Å²) in [6.45, 7) is 5.70. The number of hydrogen-bond donors (Lipinski definition) is 1. The minimum absolute atomic E-state index is 0.0853. The predicted molar refractivity (Wildman–Crippen MR) is 84.3 cm³/mol. The summed E-state index contributed by atoms with van der Waals surface area (Å²) in [6, 6.07) is 6.62. The number of aromatic nitrogens is 1. The Kier molecular flexibility index (Phi) is 4.41. The molecule has 1 aliphatic heterocycles. The first-order valence-electron chi connectivity index (χ1n) is 7.29. The predicted octanol–water partition coefficient (Wildman–Crippen LogP) is 3.39. The molecular formula is C16H20N2O2S. The number of benzene rings is 1. The molecule has 2 heterocycles. The van der Waals surface area contributed by atoms with Gasteiger partial charge in [0, 0.05) is 24.0 Å². The van der Waals surface area contributed by atoms with Crippen LogP contribution in [0.25, 0.3) is 0 Å². The Hall–Kier alpha value is -1.59. The van der Waals surface area contributed by atoms with Crippen molar-refractivity contribution >= 4 is 11.3 Å². The highest BCUT2D eigenvalue weighted by Crippen LogP contribution is 2.34. The Morgan fingerprint density at radius 1 is 1.19 bits per heavy atom. The zero-order valence-corrected chi connectivity index (χ0v) is 13.2. The molecule has 0 saturated heterocycles. The van der Waals surface area contributed by atoms with Crippen LogP contribution in [0.5, 0.6) is 11.5 Å². The number of ether oxygens (including phenoxy) is 2. The molecule has 0 saturated carbocycles. The summed E-state index contributed by atoms with van der Waals surface area (Å²) < 4.78 is 11.5. The van der Waals surface area contributed by atoms with Gasteiger partial charge >= 0.3 is 0 Å². The minimum Gasteiger partial charge on any atom is -0.490 e. The Bertz CT molecular complexity index is 584. The molecule has 5 heteroatoms. The van der Waals surface area contributed by atoms with Crippen LogP contribution in [-0.2, 0) is 0 Å². The summed E-state index contributed by atoms with van der Waals surface area (Å²) >= 11 is 1.66. The van der Waals surface area contributed by atoms with Crippen molar-refractivity contribution in [1.82, 2.24) is 10.3 Å². The van der Waals surface area contributed by atoms with E-state index in [-0.39, 0.29) is 6.04 Å². The van der Waals surface area contributed by atoms with Crippen LogP contribution in [0.15, 0.2) is 29.8 Å². The van der Waals surface area contributed by atoms with E-state index in [4.69, 9.17) is 9.47 Å². The van der Waals surface area contributed by atoms with Crippen molar-refractivity contribution in [2.45, 2.75) is 32.4 Å². The van der Waals surface area contributed by atoms with Crippen molar-refractivity contribution in [3.05, 3.63) is 40.3 Å². The van der Waals surface area contributed by atoms with Gasteiger partial charge in [-0.15, -0.1) is 11.3 Å². The van der Waals surface area contributed by atoms with E-state index in [0.29, 0.717) is 19.3 Å². The third-order valence-electron chi connectivity index (χ3n) is 3.30. The Balaban J connectivity index is 1.94. The molecule has 1 unspecified atom stereocenters. The van der Waals surface area contributed by atoms with Crippen molar-refractivity contribution in [2.75, 3.05) is 13.2 Å². The zero-order chi connectivity index (χ0) is 14.7. The average molecular weight is 304 g/mol. The highest BCUT2D eigenvalue weighted by molar-refractivity contribution is 7.09. The fraction of sp³-hybridized carbons (Fsp3) is 0.438. The summed E-state index contributed by atoms with van der Waals surface area (Å²) in [6.07, 6.45) is 2.77. The van der Waals surface area contributed by atoms with Gasteiger partial charge < -0.3 is 14.8 Å². The van der Waals surface area contributed by atoms with Gasteiger partial charge in [0.2, 0.25) is 0 Å². The lowest BCUT2D eigenvalue weighted by Crippen LogP contribution is -2.28. The van der Waals surface area contributed by atoms with Crippen molar-refractivity contribution in [2.24, 2.45) is 0 Å². The van der Waals surface area contributed by atoms with E-state index in [1.165, 1.54) is 0 Å². The van der Waals surface area contributed by atoms with Crippen LogP contribution in [-0.4, -0.2) is 24.2 Å². The Labute approximate surface area is 129 Å². The lowest BCUT2D eigenvalue weighted by atomic mass is 10.1. The molecule has 4 nitrogen and oxygen atoms in total. The van der Waals surface area contributed by atoms with E-state index in [1.54, 1.807) is 11.3 Å². The quantitative estimate of drug-likeness (QED) is 0.940. The summed E-state index contributed by atoms with van der Waals surface area (Å²) in [5.74, 6) is 1.66. The number of fused-ring (bicyclic) bond motifs is 1. The highest BCUT2D eigenvalue weighted by Gasteiger charge is 2.20. The van der Waals surface area contributed by atoms with E-state index in [1.807, 2.05) is 17.6 Å². The van der Waals surface area contributed by atoms with E-state index < -0.39 is 0 Å². The van der Waals surface area contributed by atoms with Crippen LogP contribution in [0.1, 0.15) is 36.9 Å². The molecule has 1 aliphatic rings. The number of thiazole rings is 1. The van der Waals surface area contributed by atoms with Gasteiger partial charge in [0.1, 0.15) is 5.01 Å². The van der Waals surface area contributed by atoms with Gasteiger partial charge in [-0.05, 0) is 31.5 Å². The summed E-state index contributed by atoms with van der Waals surface area (Å²) in [5, 5.41) is 6.65. The second-order valence-electron chi connectivity index (χ2n) is 5.38. The summed E-state index contributed by atoms with van der Waals surface area (Å²) in [4.78, 5) is 4.46. The lowest BCUT2D eigenvalue weighted by molar-refractivity contribution is 0.297. The molecule has 0 spiro atoms. The molecule has 0 radical (unpaired) electrons. The first kappa shape index (κ1) is 14.4. The van der Waals surface area contributed by atoms with Gasteiger partial charge in [-0.1, -0.05) is 6.07 Å². The fourth-order valence-electron chi connectivity index (χ4n) is 2.38. The van der Waals surface area contributed by atoms with E-state index in [2.05, 4.69) is 36.3 Å². The molecule has 0 aliphatic carbocycles. The van der Waals surface area contributed by atoms with E-state index in [9.17, 15) is 0 Å². The maximum atomic E-state index is 5.79. The Morgan fingerprint density at radius 2 is 2.00 bits per heavy atom. The van der Waals surface area contributed by atoms with Gasteiger partial charge in [-0.2, -0.15) is 0 Å². The fourth-order valence-corrected chi connectivity index (χ4v) is 3.10. The molecular weight excluding hydrogens is 284 g/mol. The molecule has 3 rings (SSSR count). The summed E-state index contributed by atoms with van der Waals surface area (Å²) in [7, 11) is 0. The van der Waals surface area contributed by atoms with Crippen LogP contribution in [0.3, 0.4) is 0 Å². The maximum Gasteiger partial charge on any atom is 0.161 e.